The Morgan fingerprint density at radius 3 is 2.73 bits per heavy atom. The van der Waals surface area contributed by atoms with Gasteiger partial charge in [0.25, 0.3) is 0 Å². The Morgan fingerprint density at radius 1 is 1.08 bits per heavy atom. The SMILES string of the molecule is CC(C)(CCC(C)(C)C1OCCn2nccc21)c1cnn2c1COCC2. The van der Waals surface area contributed by atoms with Crippen LogP contribution in [0.5, 0.6) is 0 Å². The normalized spacial score (nSPS) is 20.7. The molecule has 0 N–H and O–H groups in total. The number of ether oxygens (including phenoxy) is 2. The van der Waals surface area contributed by atoms with Gasteiger partial charge in [-0.05, 0) is 29.7 Å². The molecule has 2 aromatic rings. The van der Waals surface area contributed by atoms with E-state index in [9.17, 15) is 0 Å². The third-order valence-electron chi connectivity index (χ3n) is 6.07. The molecule has 142 valence electrons. The van der Waals surface area contributed by atoms with E-state index in [0.29, 0.717) is 6.61 Å². The molecule has 2 aliphatic heterocycles. The van der Waals surface area contributed by atoms with Gasteiger partial charge in [-0.1, -0.05) is 27.7 Å². The number of hydrogen-bond donors (Lipinski definition) is 0. The summed E-state index contributed by atoms with van der Waals surface area (Å²) < 4.78 is 16.0. The highest BCUT2D eigenvalue weighted by Crippen LogP contribution is 2.44. The van der Waals surface area contributed by atoms with Crippen molar-refractivity contribution in [3.05, 3.63) is 35.4 Å². The summed E-state index contributed by atoms with van der Waals surface area (Å²) in [6.07, 6.45) is 6.17. The van der Waals surface area contributed by atoms with Crippen LogP contribution in [-0.2, 0) is 34.6 Å². The lowest BCUT2D eigenvalue weighted by molar-refractivity contribution is -0.0604. The maximum absolute atomic E-state index is 6.18. The van der Waals surface area contributed by atoms with E-state index in [1.165, 1.54) is 17.0 Å². The molecule has 6 heteroatoms. The van der Waals surface area contributed by atoms with Crippen molar-refractivity contribution in [2.24, 2.45) is 5.41 Å². The van der Waals surface area contributed by atoms with Crippen molar-refractivity contribution < 1.29 is 9.47 Å². The molecule has 0 aromatic carbocycles. The number of rotatable bonds is 5. The quantitative estimate of drug-likeness (QED) is 0.821. The van der Waals surface area contributed by atoms with Crippen LogP contribution in [0.3, 0.4) is 0 Å². The summed E-state index contributed by atoms with van der Waals surface area (Å²) in [5, 5.41) is 9.01. The Morgan fingerprint density at radius 2 is 1.88 bits per heavy atom. The summed E-state index contributed by atoms with van der Waals surface area (Å²) in [5.41, 5.74) is 3.86. The maximum Gasteiger partial charge on any atom is 0.104 e. The van der Waals surface area contributed by atoms with Crippen molar-refractivity contribution in [1.82, 2.24) is 19.6 Å². The molecule has 0 saturated carbocycles. The third kappa shape index (κ3) is 3.09. The maximum atomic E-state index is 6.18. The Bertz CT molecular complexity index is 775. The molecule has 0 saturated heterocycles. The highest BCUT2D eigenvalue weighted by Gasteiger charge is 2.38. The van der Waals surface area contributed by atoms with E-state index in [4.69, 9.17) is 9.47 Å². The topological polar surface area (TPSA) is 54.1 Å². The highest BCUT2D eigenvalue weighted by molar-refractivity contribution is 5.27. The molecule has 0 aliphatic carbocycles. The van der Waals surface area contributed by atoms with Crippen molar-refractivity contribution in [1.29, 1.82) is 0 Å². The van der Waals surface area contributed by atoms with Gasteiger partial charge in [0.15, 0.2) is 0 Å². The minimum Gasteiger partial charge on any atom is -0.373 e. The molecule has 0 fully saturated rings. The Balaban J connectivity index is 1.50. The molecule has 1 unspecified atom stereocenters. The molecule has 2 aliphatic rings. The van der Waals surface area contributed by atoms with E-state index in [1.54, 1.807) is 0 Å². The molecule has 0 radical (unpaired) electrons. The van der Waals surface area contributed by atoms with E-state index < -0.39 is 0 Å². The molecule has 4 rings (SSSR count). The second kappa shape index (κ2) is 6.50. The summed E-state index contributed by atoms with van der Waals surface area (Å²) in [4.78, 5) is 0. The van der Waals surface area contributed by atoms with E-state index in [-0.39, 0.29) is 16.9 Å². The molecule has 0 spiro atoms. The molecule has 6 nitrogen and oxygen atoms in total. The van der Waals surface area contributed by atoms with E-state index in [1.807, 2.05) is 12.4 Å². The van der Waals surface area contributed by atoms with Gasteiger partial charge in [-0.2, -0.15) is 10.2 Å². The standard InChI is InChI=1S/C20H30N4O2/c1-19(2,15-13-22-24-9-11-25-14-17(15)24)6-7-20(3,4)18-16-5-8-21-23(16)10-12-26-18/h5,8,13,18H,6-7,9-12,14H2,1-4H3. The number of fused-ring (bicyclic) bond motifs is 2. The monoisotopic (exact) mass is 358 g/mol. The van der Waals surface area contributed by atoms with Crippen molar-refractivity contribution in [2.75, 3.05) is 13.2 Å². The van der Waals surface area contributed by atoms with Gasteiger partial charge < -0.3 is 9.47 Å². The Hall–Kier alpha value is -1.66. The zero-order valence-corrected chi connectivity index (χ0v) is 16.4. The van der Waals surface area contributed by atoms with Gasteiger partial charge in [-0.3, -0.25) is 9.36 Å². The fourth-order valence-electron chi connectivity index (χ4n) is 4.26. The van der Waals surface area contributed by atoms with Crippen LogP contribution in [0.1, 0.15) is 63.6 Å². The second-order valence-electron chi connectivity index (χ2n) is 8.88. The summed E-state index contributed by atoms with van der Waals surface area (Å²) in [6, 6.07) is 2.10. The molecule has 26 heavy (non-hydrogen) atoms. The third-order valence-corrected chi connectivity index (χ3v) is 6.07. The first kappa shape index (κ1) is 17.7. The molecule has 0 bridgehead atoms. The molecule has 0 amide bonds. The largest absolute Gasteiger partial charge is 0.373 e. The average Bonchev–Trinajstić information content (AvgIpc) is 3.26. The molecule has 1 atom stereocenters. The average molecular weight is 358 g/mol. The molecule has 4 heterocycles. The smallest absolute Gasteiger partial charge is 0.104 e. The van der Waals surface area contributed by atoms with Crippen LogP contribution in [0.15, 0.2) is 18.5 Å². The van der Waals surface area contributed by atoms with Crippen LogP contribution < -0.4 is 0 Å². The summed E-state index contributed by atoms with van der Waals surface area (Å²) in [5.74, 6) is 0. The van der Waals surface area contributed by atoms with Gasteiger partial charge in [0, 0.05) is 11.8 Å². The van der Waals surface area contributed by atoms with Crippen molar-refractivity contribution in [2.45, 2.75) is 71.8 Å². The first-order valence-electron chi connectivity index (χ1n) is 9.65. The zero-order chi connectivity index (χ0) is 18.4. The van der Waals surface area contributed by atoms with Crippen LogP contribution in [0.25, 0.3) is 0 Å². The first-order chi connectivity index (χ1) is 12.4. The highest BCUT2D eigenvalue weighted by atomic mass is 16.5. The number of nitrogens with zero attached hydrogens (tertiary/aromatic N) is 4. The minimum absolute atomic E-state index is 0.0409. The van der Waals surface area contributed by atoms with Crippen LogP contribution in [0, 0.1) is 5.41 Å². The molecular weight excluding hydrogens is 328 g/mol. The van der Waals surface area contributed by atoms with Crippen LogP contribution in [0.2, 0.25) is 0 Å². The lowest BCUT2D eigenvalue weighted by atomic mass is 9.72. The number of aromatic nitrogens is 4. The second-order valence-corrected chi connectivity index (χ2v) is 8.88. The summed E-state index contributed by atoms with van der Waals surface area (Å²) >= 11 is 0. The van der Waals surface area contributed by atoms with Crippen LogP contribution in [0.4, 0.5) is 0 Å². The Labute approximate surface area is 155 Å². The summed E-state index contributed by atoms with van der Waals surface area (Å²) in [7, 11) is 0. The first-order valence-corrected chi connectivity index (χ1v) is 9.65. The van der Waals surface area contributed by atoms with Crippen LogP contribution >= 0.6 is 0 Å². The Kier molecular flexibility index (Phi) is 4.43. The minimum atomic E-state index is 0.0409. The fourth-order valence-corrected chi connectivity index (χ4v) is 4.26. The van der Waals surface area contributed by atoms with Gasteiger partial charge in [0.1, 0.15) is 6.10 Å². The predicted octanol–water partition coefficient (Wildman–Crippen LogP) is 3.47. The van der Waals surface area contributed by atoms with Gasteiger partial charge in [0.2, 0.25) is 0 Å². The van der Waals surface area contributed by atoms with E-state index in [0.717, 1.165) is 39.1 Å². The van der Waals surface area contributed by atoms with Gasteiger partial charge in [-0.25, -0.2) is 0 Å². The van der Waals surface area contributed by atoms with Crippen molar-refractivity contribution in [3.63, 3.8) is 0 Å². The molecular formula is C20H30N4O2. The van der Waals surface area contributed by atoms with Crippen molar-refractivity contribution in [3.8, 4) is 0 Å². The lowest BCUT2D eigenvalue weighted by Gasteiger charge is -2.39. The van der Waals surface area contributed by atoms with E-state index >= 15 is 0 Å². The van der Waals surface area contributed by atoms with Crippen LogP contribution in [-0.4, -0.2) is 32.8 Å². The van der Waals surface area contributed by atoms with Gasteiger partial charge in [-0.15, -0.1) is 0 Å². The fraction of sp³-hybridized carbons (Fsp3) is 0.700. The zero-order valence-electron chi connectivity index (χ0n) is 16.4. The molecule has 2 aromatic heterocycles. The number of hydrogen-bond acceptors (Lipinski definition) is 4. The summed E-state index contributed by atoms with van der Waals surface area (Å²) in [6.45, 7) is 13.1. The lowest BCUT2D eigenvalue weighted by Crippen LogP contribution is -2.34. The van der Waals surface area contributed by atoms with Crippen molar-refractivity contribution >= 4 is 0 Å². The predicted molar refractivity (Wildman–Crippen MR) is 98.8 cm³/mol. The van der Waals surface area contributed by atoms with E-state index in [2.05, 4.69) is 53.3 Å². The van der Waals surface area contributed by atoms with Gasteiger partial charge in [0.05, 0.1) is 50.5 Å². The van der Waals surface area contributed by atoms with Gasteiger partial charge >= 0.3 is 0 Å².